The van der Waals surface area contributed by atoms with E-state index in [9.17, 15) is 0 Å². The number of nitrogens with zero attached hydrogens (tertiary/aromatic N) is 2. The van der Waals surface area contributed by atoms with E-state index in [-0.39, 0.29) is 0 Å². The predicted octanol–water partition coefficient (Wildman–Crippen LogP) is 2.45. The molecule has 2 heteroatoms. The first kappa shape index (κ1) is 13.0. The largest absolute Gasteiger partial charge is 0.301 e. The Kier molecular flexibility index (Phi) is 6.26. The molecule has 1 fully saturated rings. The third-order valence-electron chi connectivity index (χ3n) is 3.64. The highest BCUT2D eigenvalue weighted by atomic mass is 15.3. The van der Waals surface area contributed by atoms with Crippen LogP contribution in [0.4, 0.5) is 0 Å². The van der Waals surface area contributed by atoms with Crippen molar-refractivity contribution in [2.75, 3.05) is 39.3 Å². The molecule has 15 heavy (non-hydrogen) atoms. The molecule has 0 aromatic rings. The van der Waals surface area contributed by atoms with Crippen LogP contribution in [0.5, 0.6) is 0 Å². The number of piperazine rings is 1. The highest BCUT2D eigenvalue weighted by Crippen LogP contribution is 2.09. The molecule has 1 atom stereocenters. The maximum Gasteiger partial charge on any atom is 0.0110 e. The summed E-state index contributed by atoms with van der Waals surface area (Å²) in [5.74, 6) is 0.902. The van der Waals surface area contributed by atoms with E-state index in [1.54, 1.807) is 0 Å². The third kappa shape index (κ3) is 4.98. The van der Waals surface area contributed by atoms with Gasteiger partial charge in [0.15, 0.2) is 0 Å². The lowest BCUT2D eigenvalue weighted by molar-refractivity contribution is 0.127. The summed E-state index contributed by atoms with van der Waals surface area (Å²) >= 11 is 0. The van der Waals surface area contributed by atoms with Gasteiger partial charge in [0.2, 0.25) is 0 Å². The summed E-state index contributed by atoms with van der Waals surface area (Å²) in [6.07, 6.45) is 4.01. The van der Waals surface area contributed by atoms with Gasteiger partial charge < -0.3 is 9.80 Å². The summed E-state index contributed by atoms with van der Waals surface area (Å²) in [4.78, 5) is 5.23. The van der Waals surface area contributed by atoms with Gasteiger partial charge in [0.1, 0.15) is 0 Å². The molecule has 2 nitrogen and oxygen atoms in total. The van der Waals surface area contributed by atoms with Crippen LogP contribution in [0.2, 0.25) is 0 Å². The van der Waals surface area contributed by atoms with Crippen LogP contribution >= 0.6 is 0 Å². The molecule has 0 aromatic carbocycles. The normalized spacial score (nSPS) is 21.8. The van der Waals surface area contributed by atoms with Gasteiger partial charge in [0.05, 0.1) is 0 Å². The van der Waals surface area contributed by atoms with Crippen molar-refractivity contribution in [2.24, 2.45) is 5.92 Å². The quantitative estimate of drug-likeness (QED) is 0.667. The van der Waals surface area contributed by atoms with E-state index >= 15 is 0 Å². The molecule has 0 radical (unpaired) electrons. The Morgan fingerprint density at radius 1 is 0.933 bits per heavy atom. The van der Waals surface area contributed by atoms with E-state index in [4.69, 9.17) is 0 Å². The molecule has 0 aromatic heterocycles. The van der Waals surface area contributed by atoms with Gasteiger partial charge in [0.25, 0.3) is 0 Å². The van der Waals surface area contributed by atoms with Crippen LogP contribution in [0.15, 0.2) is 0 Å². The van der Waals surface area contributed by atoms with Crippen LogP contribution in [-0.2, 0) is 0 Å². The lowest BCUT2D eigenvalue weighted by Crippen LogP contribution is -2.46. The molecular weight excluding hydrogens is 184 g/mol. The van der Waals surface area contributed by atoms with Crippen LogP contribution in [0.1, 0.15) is 40.0 Å². The second kappa shape index (κ2) is 7.24. The molecule has 0 spiro atoms. The first-order valence-corrected chi connectivity index (χ1v) is 6.71. The van der Waals surface area contributed by atoms with Crippen LogP contribution in [0.3, 0.4) is 0 Å². The lowest BCUT2D eigenvalue weighted by Gasteiger charge is -2.34. The molecule has 0 N–H and O–H groups in total. The fraction of sp³-hybridized carbons (Fsp3) is 1.00. The Morgan fingerprint density at radius 3 is 1.93 bits per heavy atom. The molecule has 0 amide bonds. The second-order valence-corrected chi connectivity index (χ2v) is 4.99. The van der Waals surface area contributed by atoms with E-state index in [0.717, 1.165) is 5.92 Å². The van der Waals surface area contributed by atoms with Gasteiger partial charge >= 0.3 is 0 Å². The topological polar surface area (TPSA) is 6.48 Å². The Balaban J connectivity index is 2.09. The van der Waals surface area contributed by atoms with E-state index in [1.807, 2.05) is 0 Å². The minimum Gasteiger partial charge on any atom is -0.301 e. The zero-order chi connectivity index (χ0) is 11.1. The SMILES string of the molecule is CCCN1CCN(CCC(C)CC)CC1. The number of rotatable bonds is 6. The summed E-state index contributed by atoms with van der Waals surface area (Å²) < 4.78 is 0. The average molecular weight is 212 g/mol. The minimum atomic E-state index is 0.902. The van der Waals surface area contributed by atoms with Crippen molar-refractivity contribution in [2.45, 2.75) is 40.0 Å². The lowest BCUT2D eigenvalue weighted by atomic mass is 10.0. The minimum absolute atomic E-state index is 0.902. The van der Waals surface area contributed by atoms with Crippen LogP contribution in [0, 0.1) is 5.92 Å². The third-order valence-corrected chi connectivity index (χ3v) is 3.64. The Labute approximate surface area is 95.6 Å². The smallest absolute Gasteiger partial charge is 0.0110 e. The molecule has 90 valence electrons. The van der Waals surface area contributed by atoms with Gasteiger partial charge in [-0.3, -0.25) is 0 Å². The molecule has 1 unspecified atom stereocenters. The van der Waals surface area contributed by atoms with Gasteiger partial charge in [-0.15, -0.1) is 0 Å². The summed E-state index contributed by atoms with van der Waals surface area (Å²) in [5.41, 5.74) is 0. The molecule has 0 bridgehead atoms. The molecule has 0 aliphatic carbocycles. The second-order valence-electron chi connectivity index (χ2n) is 4.99. The van der Waals surface area contributed by atoms with Crippen molar-refractivity contribution in [3.63, 3.8) is 0 Å². The average Bonchev–Trinajstić information content (AvgIpc) is 2.28. The maximum absolute atomic E-state index is 2.64. The van der Waals surface area contributed by atoms with E-state index in [2.05, 4.69) is 30.6 Å². The predicted molar refractivity (Wildman–Crippen MR) is 67.2 cm³/mol. The monoisotopic (exact) mass is 212 g/mol. The molecule has 1 aliphatic heterocycles. The fourth-order valence-corrected chi connectivity index (χ4v) is 2.16. The zero-order valence-electron chi connectivity index (χ0n) is 10.8. The summed E-state index contributed by atoms with van der Waals surface area (Å²) in [7, 11) is 0. The standard InChI is InChI=1S/C13H28N2/c1-4-7-14-9-11-15(12-10-14)8-6-13(3)5-2/h13H,4-12H2,1-3H3. The summed E-state index contributed by atoms with van der Waals surface area (Å²) in [6, 6.07) is 0. The number of hydrogen-bond donors (Lipinski definition) is 0. The fourth-order valence-electron chi connectivity index (χ4n) is 2.16. The van der Waals surface area contributed by atoms with Crippen molar-refractivity contribution in [3.8, 4) is 0 Å². The molecular formula is C13H28N2. The van der Waals surface area contributed by atoms with Gasteiger partial charge in [-0.2, -0.15) is 0 Å². The Bertz CT molecular complexity index is 151. The van der Waals surface area contributed by atoms with Crippen molar-refractivity contribution >= 4 is 0 Å². The molecule has 1 aliphatic rings. The first-order chi connectivity index (χ1) is 7.26. The Morgan fingerprint density at radius 2 is 1.47 bits per heavy atom. The van der Waals surface area contributed by atoms with Gasteiger partial charge in [0, 0.05) is 26.2 Å². The summed E-state index contributed by atoms with van der Waals surface area (Å²) in [5, 5.41) is 0. The molecule has 1 heterocycles. The van der Waals surface area contributed by atoms with E-state index in [1.165, 1.54) is 58.5 Å². The zero-order valence-corrected chi connectivity index (χ0v) is 10.8. The summed E-state index contributed by atoms with van der Waals surface area (Å²) in [6.45, 7) is 14.7. The van der Waals surface area contributed by atoms with Crippen LogP contribution < -0.4 is 0 Å². The van der Waals surface area contributed by atoms with E-state index < -0.39 is 0 Å². The van der Waals surface area contributed by atoms with Crippen molar-refractivity contribution in [1.82, 2.24) is 9.80 Å². The van der Waals surface area contributed by atoms with Gasteiger partial charge in [-0.05, 0) is 31.8 Å². The first-order valence-electron chi connectivity index (χ1n) is 6.71. The highest BCUT2D eigenvalue weighted by molar-refractivity contribution is 4.71. The molecule has 1 saturated heterocycles. The molecule has 1 rings (SSSR count). The van der Waals surface area contributed by atoms with Crippen LogP contribution in [-0.4, -0.2) is 49.1 Å². The van der Waals surface area contributed by atoms with Gasteiger partial charge in [-0.25, -0.2) is 0 Å². The van der Waals surface area contributed by atoms with Gasteiger partial charge in [-0.1, -0.05) is 27.2 Å². The van der Waals surface area contributed by atoms with E-state index in [0.29, 0.717) is 0 Å². The maximum atomic E-state index is 2.64. The Hall–Kier alpha value is -0.0800. The number of hydrogen-bond acceptors (Lipinski definition) is 2. The molecule has 0 saturated carbocycles. The van der Waals surface area contributed by atoms with Crippen LogP contribution in [0.25, 0.3) is 0 Å². The highest BCUT2D eigenvalue weighted by Gasteiger charge is 2.15. The van der Waals surface area contributed by atoms with Crippen molar-refractivity contribution in [3.05, 3.63) is 0 Å². The van der Waals surface area contributed by atoms with Crippen molar-refractivity contribution in [1.29, 1.82) is 0 Å². The van der Waals surface area contributed by atoms with Crippen molar-refractivity contribution < 1.29 is 0 Å².